The van der Waals surface area contributed by atoms with Gasteiger partial charge in [-0.1, -0.05) is 22.0 Å². The molecule has 0 unspecified atom stereocenters. The van der Waals surface area contributed by atoms with Crippen LogP contribution < -0.4 is 10.1 Å². The average molecular weight is 402 g/mol. The van der Waals surface area contributed by atoms with Crippen molar-refractivity contribution in [3.63, 3.8) is 0 Å². The van der Waals surface area contributed by atoms with Gasteiger partial charge in [-0.05, 0) is 47.5 Å². The van der Waals surface area contributed by atoms with Gasteiger partial charge in [0.2, 0.25) is 0 Å². The van der Waals surface area contributed by atoms with Crippen molar-refractivity contribution in [2.24, 2.45) is 0 Å². The summed E-state index contributed by atoms with van der Waals surface area (Å²) in [6, 6.07) is 12.6. The zero-order chi connectivity index (χ0) is 18.0. The number of amides is 1. The quantitative estimate of drug-likeness (QED) is 0.795. The van der Waals surface area contributed by atoms with Crippen LogP contribution in [-0.2, 0) is 20.7 Å². The Bertz CT molecular complexity index is 871. The zero-order valence-electron chi connectivity index (χ0n) is 13.8. The second kappa shape index (κ2) is 7.11. The Balaban J connectivity index is 1.92. The van der Waals surface area contributed by atoms with Crippen molar-refractivity contribution in [3.8, 4) is 5.75 Å². The lowest BCUT2D eigenvalue weighted by molar-refractivity contribution is -0.133. The van der Waals surface area contributed by atoms with Gasteiger partial charge in [0.15, 0.2) is 0 Å². The minimum absolute atomic E-state index is 0.316. The molecule has 0 spiro atoms. The summed E-state index contributed by atoms with van der Waals surface area (Å²) in [5.74, 6) is -0.135. The molecule has 0 radical (unpaired) electrons. The Hall–Kier alpha value is -2.60. The van der Waals surface area contributed by atoms with E-state index in [-0.39, 0.29) is 5.91 Å². The Morgan fingerprint density at radius 3 is 2.44 bits per heavy atom. The Morgan fingerprint density at radius 2 is 1.80 bits per heavy atom. The largest absolute Gasteiger partial charge is 0.497 e. The molecule has 2 aromatic rings. The normalized spacial score (nSPS) is 12.6. The molecule has 25 heavy (non-hydrogen) atoms. The molecule has 2 aromatic carbocycles. The van der Waals surface area contributed by atoms with E-state index in [9.17, 15) is 9.59 Å². The number of ether oxygens (including phenoxy) is 2. The Kier molecular flexibility index (Phi) is 4.90. The molecule has 0 atom stereocenters. The number of methoxy groups -OCH3 is 2. The summed E-state index contributed by atoms with van der Waals surface area (Å²) in [4.78, 5) is 25.0. The summed E-state index contributed by atoms with van der Waals surface area (Å²) in [5, 5.41) is 2.82. The van der Waals surface area contributed by atoms with Crippen LogP contribution in [0.5, 0.6) is 5.75 Å². The minimum Gasteiger partial charge on any atom is -0.497 e. The standard InChI is InChI=1S/C19H16BrNO4/c1-24-14-6-4-13(5-7-14)21-18(22)16-10-11-9-12(20)3-8-15(11)17(16)19(23)25-2/h3-9H,10H2,1-2H3,(H,21,22). The van der Waals surface area contributed by atoms with E-state index >= 15 is 0 Å². The van der Waals surface area contributed by atoms with Gasteiger partial charge in [0.25, 0.3) is 5.91 Å². The van der Waals surface area contributed by atoms with Crippen molar-refractivity contribution in [2.75, 3.05) is 19.5 Å². The molecule has 0 bridgehead atoms. The summed E-state index contributed by atoms with van der Waals surface area (Å²) < 4.78 is 10.9. The molecule has 6 heteroatoms. The highest BCUT2D eigenvalue weighted by Crippen LogP contribution is 2.36. The van der Waals surface area contributed by atoms with Crippen molar-refractivity contribution < 1.29 is 19.1 Å². The molecule has 0 aliphatic heterocycles. The van der Waals surface area contributed by atoms with Crippen molar-refractivity contribution in [1.29, 1.82) is 0 Å². The third kappa shape index (κ3) is 3.44. The second-order valence-electron chi connectivity index (χ2n) is 5.51. The zero-order valence-corrected chi connectivity index (χ0v) is 15.3. The number of fused-ring (bicyclic) bond motifs is 1. The lowest BCUT2D eigenvalue weighted by atomic mass is 10.1. The fourth-order valence-electron chi connectivity index (χ4n) is 2.80. The van der Waals surface area contributed by atoms with Crippen LogP contribution in [0.1, 0.15) is 11.1 Å². The summed E-state index contributed by atoms with van der Waals surface area (Å²) in [7, 11) is 2.89. The topological polar surface area (TPSA) is 64.6 Å². The Morgan fingerprint density at radius 1 is 1.08 bits per heavy atom. The number of nitrogens with one attached hydrogen (secondary N) is 1. The van der Waals surface area contributed by atoms with Crippen molar-refractivity contribution in [1.82, 2.24) is 0 Å². The van der Waals surface area contributed by atoms with Crippen molar-refractivity contribution in [2.45, 2.75) is 6.42 Å². The maximum absolute atomic E-state index is 12.7. The molecule has 128 valence electrons. The molecule has 1 aliphatic carbocycles. The van der Waals surface area contributed by atoms with Gasteiger partial charge in [-0.3, -0.25) is 4.79 Å². The first-order valence-corrected chi connectivity index (χ1v) is 8.38. The maximum Gasteiger partial charge on any atom is 0.338 e. The second-order valence-corrected chi connectivity index (χ2v) is 6.42. The van der Waals surface area contributed by atoms with Crippen LogP contribution in [0.4, 0.5) is 5.69 Å². The minimum atomic E-state index is -0.513. The first kappa shape index (κ1) is 17.2. The van der Waals surface area contributed by atoms with E-state index in [2.05, 4.69) is 21.2 Å². The average Bonchev–Trinajstić information content (AvgIpc) is 3.00. The molecule has 0 heterocycles. The molecule has 1 aliphatic rings. The fourth-order valence-corrected chi connectivity index (χ4v) is 3.21. The molecule has 0 saturated heterocycles. The van der Waals surface area contributed by atoms with E-state index in [0.29, 0.717) is 29.0 Å². The number of carbonyl (C=O) groups excluding carboxylic acids is 2. The highest BCUT2D eigenvalue weighted by molar-refractivity contribution is 9.10. The van der Waals surface area contributed by atoms with Crippen molar-refractivity contribution >= 4 is 39.1 Å². The number of anilines is 1. The van der Waals surface area contributed by atoms with Gasteiger partial charge in [0.05, 0.1) is 19.8 Å². The summed E-state index contributed by atoms with van der Waals surface area (Å²) in [6.45, 7) is 0. The van der Waals surface area contributed by atoms with E-state index in [0.717, 1.165) is 15.6 Å². The van der Waals surface area contributed by atoms with E-state index in [1.54, 1.807) is 31.4 Å². The maximum atomic E-state index is 12.7. The summed E-state index contributed by atoms with van der Waals surface area (Å²) in [6.07, 6.45) is 0.376. The van der Waals surface area contributed by atoms with Crippen LogP contribution in [0.15, 0.2) is 52.5 Å². The molecule has 0 fully saturated rings. The van der Waals surface area contributed by atoms with E-state index < -0.39 is 5.97 Å². The summed E-state index contributed by atoms with van der Waals surface area (Å²) >= 11 is 3.42. The van der Waals surface area contributed by atoms with E-state index in [1.165, 1.54) is 7.11 Å². The molecular weight excluding hydrogens is 386 g/mol. The van der Waals surface area contributed by atoms with Crippen LogP contribution >= 0.6 is 15.9 Å². The molecule has 1 N–H and O–H groups in total. The molecule has 3 rings (SSSR count). The smallest absolute Gasteiger partial charge is 0.338 e. The van der Waals surface area contributed by atoms with Gasteiger partial charge in [-0.25, -0.2) is 4.79 Å². The highest BCUT2D eigenvalue weighted by Gasteiger charge is 2.31. The van der Waals surface area contributed by atoms with Crippen LogP contribution in [0, 0.1) is 0 Å². The number of rotatable bonds is 4. The van der Waals surface area contributed by atoms with E-state index in [4.69, 9.17) is 9.47 Å². The van der Waals surface area contributed by atoms with Crippen LogP contribution in [0.3, 0.4) is 0 Å². The first-order valence-electron chi connectivity index (χ1n) is 7.59. The van der Waals surface area contributed by atoms with Gasteiger partial charge < -0.3 is 14.8 Å². The predicted octanol–water partition coefficient (Wildman–Crippen LogP) is 3.58. The molecular formula is C19H16BrNO4. The van der Waals surface area contributed by atoms with Crippen LogP contribution in [0.25, 0.3) is 5.57 Å². The predicted molar refractivity (Wildman–Crippen MR) is 98.4 cm³/mol. The van der Waals surface area contributed by atoms with Gasteiger partial charge in [0.1, 0.15) is 5.75 Å². The van der Waals surface area contributed by atoms with Gasteiger partial charge in [0, 0.05) is 22.2 Å². The molecule has 0 aromatic heterocycles. The molecule has 0 saturated carbocycles. The van der Waals surface area contributed by atoms with Gasteiger partial charge in [-0.2, -0.15) is 0 Å². The monoisotopic (exact) mass is 401 g/mol. The number of esters is 1. The number of benzene rings is 2. The Labute approximate surface area is 153 Å². The van der Waals surface area contributed by atoms with E-state index in [1.807, 2.05) is 18.2 Å². The number of hydrogen-bond donors (Lipinski definition) is 1. The highest BCUT2D eigenvalue weighted by atomic mass is 79.9. The van der Waals surface area contributed by atoms with Gasteiger partial charge in [-0.15, -0.1) is 0 Å². The number of halogens is 1. The first-order chi connectivity index (χ1) is 12.0. The number of carbonyl (C=O) groups is 2. The summed E-state index contributed by atoms with van der Waals surface area (Å²) in [5.41, 5.74) is 2.98. The third-order valence-electron chi connectivity index (χ3n) is 4.02. The van der Waals surface area contributed by atoms with Gasteiger partial charge >= 0.3 is 5.97 Å². The lowest BCUT2D eigenvalue weighted by Gasteiger charge is -2.09. The molecule has 5 nitrogen and oxygen atoms in total. The third-order valence-corrected chi connectivity index (χ3v) is 4.51. The number of hydrogen-bond acceptors (Lipinski definition) is 4. The van der Waals surface area contributed by atoms with Crippen molar-refractivity contribution in [3.05, 3.63) is 63.6 Å². The molecule has 1 amide bonds. The fraction of sp³-hybridized carbons (Fsp3) is 0.158. The van der Waals surface area contributed by atoms with Crippen LogP contribution in [-0.4, -0.2) is 26.1 Å². The SMILES string of the molecule is COC(=O)C1=C(C(=O)Nc2ccc(OC)cc2)Cc2cc(Br)ccc21. The lowest BCUT2D eigenvalue weighted by Crippen LogP contribution is -2.17. The van der Waals surface area contributed by atoms with Crippen LogP contribution in [0.2, 0.25) is 0 Å².